The Morgan fingerprint density at radius 1 is 1.26 bits per heavy atom. The molecule has 0 bridgehead atoms. The molecular weight excluding hydrogens is 342 g/mol. The Balaban J connectivity index is 2.87. The van der Waals surface area contributed by atoms with Crippen molar-refractivity contribution in [3.8, 4) is 0 Å². The number of amides is 1. The van der Waals surface area contributed by atoms with Crippen molar-refractivity contribution in [2.75, 3.05) is 12.8 Å². The number of nitrogens with one attached hydrogen (secondary N) is 1. The molecular formula is C15H20ClNO5S. The Kier molecular flexibility index (Phi) is 6.58. The first-order valence-corrected chi connectivity index (χ1v) is 9.27. The van der Waals surface area contributed by atoms with Gasteiger partial charge in [0.2, 0.25) is 0 Å². The lowest BCUT2D eigenvalue weighted by Crippen LogP contribution is -2.37. The molecule has 0 aromatic heterocycles. The number of ether oxygens (including phenoxy) is 1. The number of benzene rings is 1. The summed E-state index contributed by atoms with van der Waals surface area (Å²) >= 11 is 5.91. The minimum atomic E-state index is -3.48. The fourth-order valence-corrected chi connectivity index (χ4v) is 2.46. The van der Waals surface area contributed by atoms with E-state index in [4.69, 9.17) is 16.3 Å². The molecule has 1 N–H and O–H groups in total. The van der Waals surface area contributed by atoms with E-state index in [9.17, 15) is 18.0 Å². The van der Waals surface area contributed by atoms with Crippen molar-refractivity contribution in [1.82, 2.24) is 5.32 Å². The van der Waals surface area contributed by atoms with Crippen LogP contribution in [-0.4, -0.2) is 39.2 Å². The van der Waals surface area contributed by atoms with Gasteiger partial charge in [-0.3, -0.25) is 4.79 Å². The van der Waals surface area contributed by atoms with Gasteiger partial charge in [-0.2, -0.15) is 0 Å². The summed E-state index contributed by atoms with van der Waals surface area (Å²) in [5.41, 5.74) is -0.0990. The van der Waals surface area contributed by atoms with Gasteiger partial charge in [0, 0.05) is 12.8 Å². The van der Waals surface area contributed by atoms with Crippen LogP contribution in [0.5, 0.6) is 0 Å². The van der Waals surface area contributed by atoms with Crippen LogP contribution in [0.1, 0.15) is 31.1 Å². The van der Waals surface area contributed by atoms with Crippen LogP contribution in [0.15, 0.2) is 23.1 Å². The predicted octanol–water partition coefficient (Wildman–Crippen LogP) is 2.06. The van der Waals surface area contributed by atoms with Crippen LogP contribution < -0.4 is 5.32 Å². The highest BCUT2D eigenvalue weighted by molar-refractivity contribution is 7.90. The molecule has 0 spiro atoms. The highest BCUT2D eigenvalue weighted by Crippen LogP contribution is 2.21. The fourth-order valence-electron chi connectivity index (χ4n) is 1.62. The van der Waals surface area contributed by atoms with Crippen molar-refractivity contribution in [3.05, 3.63) is 28.8 Å². The second kappa shape index (κ2) is 7.79. The first kappa shape index (κ1) is 19.4. The highest BCUT2D eigenvalue weighted by atomic mass is 35.5. The van der Waals surface area contributed by atoms with E-state index in [2.05, 4.69) is 5.32 Å². The van der Waals surface area contributed by atoms with E-state index in [0.29, 0.717) is 6.54 Å². The molecule has 1 aromatic rings. The zero-order valence-corrected chi connectivity index (χ0v) is 15.0. The molecule has 0 saturated heterocycles. The van der Waals surface area contributed by atoms with E-state index in [1.54, 1.807) is 0 Å². The maximum Gasteiger partial charge on any atom is 0.340 e. The van der Waals surface area contributed by atoms with Crippen molar-refractivity contribution in [3.63, 3.8) is 0 Å². The van der Waals surface area contributed by atoms with Gasteiger partial charge >= 0.3 is 5.97 Å². The first-order valence-electron chi connectivity index (χ1n) is 7.00. The Labute approximate surface area is 141 Å². The molecule has 23 heavy (non-hydrogen) atoms. The summed E-state index contributed by atoms with van der Waals surface area (Å²) in [6, 6.07) is 3.74. The van der Waals surface area contributed by atoms with Crippen LogP contribution in [0, 0.1) is 5.92 Å². The summed E-state index contributed by atoms with van der Waals surface area (Å²) in [5, 5.41) is 2.70. The normalized spacial score (nSPS) is 12.8. The second-order valence-electron chi connectivity index (χ2n) is 5.60. The zero-order valence-electron chi connectivity index (χ0n) is 13.4. The van der Waals surface area contributed by atoms with E-state index in [0.717, 1.165) is 12.3 Å². The summed E-state index contributed by atoms with van der Waals surface area (Å²) in [6.45, 7) is 5.77. The molecule has 0 aliphatic rings. The topological polar surface area (TPSA) is 89.5 Å². The average Bonchev–Trinajstić information content (AvgIpc) is 2.43. The molecule has 1 rings (SSSR count). The Morgan fingerprint density at radius 2 is 1.87 bits per heavy atom. The highest BCUT2D eigenvalue weighted by Gasteiger charge is 2.22. The Hall–Kier alpha value is -1.60. The largest absolute Gasteiger partial charge is 0.449 e. The molecule has 1 aromatic carbocycles. The molecule has 1 amide bonds. The number of sulfone groups is 1. The van der Waals surface area contributed by atoms with Gasteiger partial charge in [0.05, 0.1) is 15.5 Å². The first-order chi connectivity index (χ1) is 10.5. The number of esters is 1. The van der Waals surface area contributed by atoms with E-state index < -0.39 is 27.8 Å². The molecule has 128 valence electrons. The Morgan fingerprint density at radius 3 is 2.39 bits per heavy atom. The second-order valence-corrected chi connectivity index (χ2v) is 8.02. The molecule has 0 aliphatic heterocycles. The van der Waals surface area contributed by atoms with Crippen LogP contribution >= 0.6 is 11.6 Å². The van der Waals surface area contributed by atoms with Crippen molar-refractivity contribution < 1.29 is 22.7 Å². The fraction of sp³-hybridized carbons (Fsp3) is 0.467. The number of rotatable bonds is 6. The van der Waals surface area contributed by atoms with Crippen molar-refractivity contribution in [2.45, 2.75) is 31.8 Å². The van der Waals surface area contributed by atoms with Gasteiger partial charge in [0.15, 0.2) is 15.9 Å². The van der Waals surface area contributed by atoms with Gasteiger partial charge in [0.1, 0.15) is 0 Å². The number of halogens is 1. The smallest absolute Gasteiger partial charge is 0.340 e. The lowest BCUT2D eigenvalue weighted by atomic mass is 10.2. The summed E-state index contributed by atoms with van der Waals surface area (Å²) < 4.78 is 28.1. The third kappa shape index (κ3) is 5.84. The zero-order chi connectivity index (χ0) is 17.8. The summed E-state index contributed by atoms with van der Waals surface area (Å²) in [7, 11) is -3.48. The van der Waals surface area contributed by atoms with E-state index >= 15 is 0 Å². The quantitative estimate of drug-likeness (QED) is 0.783. The van der Waals surface area contributed by atoms with Crippen LogP contribution in [0.4, 0.5) is 0 Å². The number of carbonyl (C=O) groups excluding carboxylic acids is 2. The molecule has 0 radical (unpaired) electrons. The van der Waals surface area contributed by atoms with Crippen molar-refractivity contribution >= 4 is 33.3 Å². The number of hydrogen-bond donors (Lipinski definition) is 1. The number of carbonyl (C=O) groups is 2. The lowest BCUT2D eigenvalue weighted by molar-refractivity contribution is -0.129. The van der Waals surface area contributed by atoms with Crippen molar-refractivity contribution in [1.29, 1.82) is 0 Å². The van der Waals surface area contributed by atoms with Gasteiger partial charge in [-0.25, -0.2) is 13.2 Å². The maximum atomic E-state index is 12.1. The third-order valence-electron chi connectivity index (χ3n) is 2.92. The molecule has 6 nitrogen and oxygen atoms in total. The van der Waals surface area contributed by atoms with Gasteiger partial charge in [-0.1, -0.05) is 25.4 Å². The summed E-state index contributed by atoms with van der Waals surface area (Å²) in [6.07, 6.45) is 0.00654. The summed E-state index contributed by atoms with van der Waals surface area (Å²) in [5.74, 6) is -1.02. The van der Waals surface area contributed by atoms with E-state index in [1.165, 1.54) is 19.1 Å². The van der Waals surface area contributed by atoms with Gasteiger partial charge < -0.3 is 10.1 Å². The average molecular weight is 362 g/mol. The molecule has 0 aliphatic carbocycles. The van der Waals surface area contributed by atoms with E-state index in [1.807, 2.05) is 13.8 Å². The molecule has 0 heterocycles. The monoisotopic (exact) mass is 361 g/mol. The van der Waals surface area contributed by atoms with Gasteiger partial charge in [-0.15, -0.1) is 0 Å². The summed E-state index contributed by atoms with van der Waals surface area (Å²) in [4.78, 5) is 23.9. The van der Waals surface area contributed by atoms with Crippen LogP contribution in [0.3, 0.4) is 0 Å². The van der Waals surface area contributed by atoms with Gasteiger partial charge in [-0.05, 0) is 31.0 Å². The standard InChI is InChI=1S/C15H20ClNO5S/c1-9(2)8-17-14(18)10(3)22-15(19)12-7-11(23(4,20)21)5-6-13(12)16/h5-7,9-10H,8H2,1-4H3,(H,17,18)/t10-/m1/s1. The minimum absolute atomic E-state index is 0.0502. The van der Waals surface area contributed by atoms with Crippen LogP contribution in [-0.2, 0) is 19.4 Å². The minimum Gasteiger partial charge on any atom is -0.449 e. The van der Waals surface area contributed by atoms with Gasteiger partial charge in [0.25, 0.3) is 5.91 Å². The molecule has 8 heteroatoms. The van der Waals surface area contributed by atoms with Crippen LogP contribution in [0.2, 0.25) is 5.02 Å². The molecule has 0 unspecified atom stereocenters. The lowest BCUT2D eigenvalue weighted by Gasteiger charge is -2.15. The SMILES string of the molecule is CC(C)CNC(=O)[C@@H](C)OC(=O)c1cc(S(C)(=O)=O)ccc1Cl. The third-order valence-corrected chi connectivity index (χ3v) is 4.36. The molecule has 1 atom stereocenters. The molecule has 0 saturated carbocycles. The molecule has 0 fully saturated rings. The maximum absolute atomic E-state index is 12.1. The van der Waals surface area contributed by atoms with Crippen molar-refractivity contribution in [2.24, 2.45) is 5.92 Å². The Bertz CT molecular complexity index is 700. The predicted molar refractivity (Wildman–Crippen MR) is 87.3 cm³/mol. The van der Waals surface area contributed by atoms with E-state index in [-0.39, 0.29) is 21.4 Å². The number of hydrogen-bond acceptors (Lipinski definition) is 5. The van der Waals surface area contributed by atoms with Crippen LogP contribution in [0.25, 0.3) is 0 Å².